The highest BCUT2D eigenvalue weighted by Crippen LogP contribution is 2.10. The van der Waals surface area contributed by atoms with Crippen molar-refractivity contribution in [2.45, 2.75) is 64.6 Å². The number of hydrogen-bond acceptors (Lipinski definition) is 2. The molecule has 0 aliphatic carbocycles. The predicted molar refractivity (Wildman–Crippen MR) is 75.3 cm³/mol. The van der Waals surface area contributed by atoms with Gasteiger partial charge in [0.25, 0.3) is 0 Å². The SMILES string of the molecule is CBr.CCCCCCCCCC(OC)OC. The molecule has 0 heterocycles. The minimum absolute atomic E-state index is 0.00522. The summed E-state index contributed by atoms with van der Waals surface area (Å²) >= 11 is 2.94. The number of unbranched alkanes of at least 4 members (excludes halogenated alkanes) is 6. The zero-order valence-corrected chi connectivity index (χ0v) is 13.0. The van der Waals surface area contributed by atoms with Crippen LogP contribution in [0.1, 0.15) is 58.3 Å². The van der Waals surface area contributed by atoms with Gasteiger partial charge < -0.3 is 9.47 Å². The van der Waals surface area contributed by atoms with Gasteiger partial charge in [-0.1, -0.05) is 61.4 Å². The van der Waals surface area contributed by atoms with Crippen molar-refractivity contribution in [2.24, 2.45) is 0 Å². The fourth-order valence-electron chi connectivity index (χ4n) is 1.60. The molecule has 0 rings (SSSR count). The van der Waals surface area contributed by atoms with E-state index < -0.39 is 0 Å². The third-order valence-electron chi connectivity index (χ3n) is 2.57. The average Bonchev–Trinajstić information content (AvgIpc) is 2.35. The van der Waals surface area contributed by atoms with Crippen LogP contribution in [-0.2, 0) is 9.47 Å². The van der Waals surface area contributed by atoms with Gasteiger partial charge in [-0.25, -0.2) is 0 Å². The Morgan fingerprint density at radius 2 is 1.25 bits per heavy atom. The number of ether oxygens (including phenoxy) is 2. The van der Waals surface area contributed by atoms with Crippen molar-refractivity contribution in [1.82, 2.24) is 0 Å². The molecule has 0 unspecified atom stereocenters. The molecular weight excluding hydrogens is 268 g/mol. The predicted octanol–water partition coefficient (Wildman–Crippen LogP) is 4.76. The Morgan fingerprint density at radius 1 is 0.812 bits per heavy atom. The highest BCUT2D eigenvalue weighted by molar-refractivity contribution is 9.08. The lowest BCUT2D eigenvalue weighted by Crippen LogP contribution is -2.12. The largest absolute Gasteiger partial charge is 0.356 e. The second kappa shape index (κ2) is 17.8. The summed E-state index contributed by atoms with van der Waals surface area (Å²) in [6.45, 7) is 2.25. The van der Waals surface area contributed by atoms with Crippen molar-refractivity contribution in [2.75, 3.05) is 20.1 Å². The first-order chi connectivity index (χ1) is 7.85. The Bertz CT molecular complexity index is 106. The van der Waals surface area contributed by atoms with Gasteiger partial charge in [-0.05, 0) is 18.7 Å². The fourth-order valence-corrected chi connectivity index (χ4v) is 1.60. The van der Waals surface area contributed by atoms with E-state index in [1.807, 2.05) is 5.83 Å². The van der Waals surface area contributed by atoms with Gasteiger partial charge in [0, 0.05) is 14.2 Å². The van der Waals surface area contributed by atoms with Gasteiger partial charge in [0.1, 0.15) is 0 Å². The fraction of sp³-hybridized carbons (Fsp3) is 1.00. The summed E-state index contributed by atoms with van der Waals surface area (Å²) in [6.07, 6.45) is 10.4. The number of methoxy groups -OCH3 is 2. The number of halogens is 1. The molecule has 0 aliphatic heterocycles. The van der Waals surface area contributed by atoms with Crippen LogP contribution in [0.15, 0.2) is 0 Å². The van der Waals surface area contributed by atoms with Crippen molar-refractivity contribution in [3.63, 3.8) is 0 Å². The van der Waals surface area contributed by atoms with E-state index in [1.165, 1.54) is 44.9 Å². The van der Waals surface area contributed by atoms with Crippen LogP contribution in [0.4, 0.5) is 0 Å². The van der Waals surface area contributed by atoms with Gasteiger partial charge in [-0.3, -0.25) is 0 Å². The smallest absolute Gasteiger partial charge is 0.156 e. The molecule has 16 heavy (non-hydrogen) atoms. The van der Waals surface area contributed by atoms with Crippen molar-refractivity contribution >= 4 is 15.9 Å². The summed E-state index contributed by atoms with van der Waals surface area (Å²) in [4.78, 5) is 0. The molecule has 0 atom stereocenters. The number of alkyl halides is 1. The summed E-state index contributed by atoms with van der Waals surface area (Å²) in [5.74, 6) is 1.81. The third kappa shape index (κ3) is 14.4. The third-order valence-corrected chi connectivity index (χ3v) is 2.57. The molecule has 0 aromatic carbocycles. The van der Waals surface area contributed by atoms with Crippen molar-refractivity contribution in [1.29, 1.82) is 0 Å². The normalized spacial score (nSPS) is 10.1. The van der Waals surface area contributed by atoms with E-state index in [0.29, 0.717) is 0 Å². The number of hydrogen-bond donors (Lipinski definition) is 0. The summed E-state index contributed by atoms with van der Waals surface area (Å²) in [5.41, 5.74) is 0. The molecule has 0 spiro atoms. The first-order valence-corrected chi connectivity index (χ1v) is 7.87. The van der Waals surface area contributed by atoms with E-state index >= 15 is 0 Å². The molecular formula is C13H29BrO2. The maximum Gasteiger partial charge on any atom is 0.156 e. The van der Waals surface area contributed by atoms with E-state index in [2.05, 4.69) is 22.9 Å². The molecule has 0 radical (unpaired) electrons. The van der Waals surface area contributed by atoms with Gasteiger partial charge in [-0.2, -0.15) is 0 Å². The van der Waals surface area contributed by atoms with Crippen LogP contribution in [-0.4, -0.2) is 26.3 Å². The Hall–Kier alpha value is 0.400. The summed E-state index contributed by atoms with van der Waals surface area (Å²) in [6, 6.07) is 0. The highest BCUT2D eigenvalue weighted by Gasteiger charge is 2.03. The topological polar surface area (TPSA) is 18.5 Å². The van der Waals surface area contributed by atoms with E-state index in [9.17, 15) is 0 Å². The molecule has 2 nitrogen and oxygen atoms in total. The van der Waals surface area contributed by atoms with Crippen LogP contribution < -0.4 is 0 Å². The lowest BCUT2D eigenvalue weighted by Gasteiger charge is -2.12. The molecule has 0 N–H and O–H groups in total. The van der Waals surface area contributed by atoms with Gasteiger partial charge in [0.2, 0.25) is 0 Å². The molecule has 0 aliphatic rings. The van der Waals surface area contributed by atoms with Crippen LogP contribution in [0, 0.1) is 0 Å². The van der Waals surface area contributed by atoms with E-state index in [-0.39, 0.29) is 6.29 Å². The first kappa shape index (κ1) is 18.8. The first-order valence-electron chi connectivity index (χ1n) is 6.28. The lowest BCUT2D eigenvalue weighted by molar-refractivity contribution is -0.107. The van der Waals surface area contributed by atoms with E-state index in [4.69, 9.17) is 9.47 Å². The van der Waals surface area contributed by atoms with E-state index in [1.54, 1.807) is 14.2 Å². The van der Waals surface area contributed by atoms with Crippen molar-refractivity contribution in [3.05, 3.63) is 0 Å². The minimum Gasteiger partial charge on any atom is -0.356 e. The monoisotopic (exact) mass is 296 g/mol. The van der Waals surface area contributed by atoms with Gasteiger partial charge in [-0.15, -0.1) is 0 Å². The maximum absolute atomic E-state index is 5.12. The summed E-state index contributed by atoms with van der Waals surface area (Å²) in [5, 5.41) is 0. The second-order valence-electron chi connectivity index (χ2n) is 3.81. The Labute approximate surface area is 110 Å². The highest BCUT2D eigenvalue weighted by atomic mass is 79.9. The Balaban J connectivity index is 0. The van der Waals surface area contributed by atoms with Crippen molar-refractivity contribution < 1.29 is 9.47 Å². The van der Waals surface area contributed by atoms with E-state index in [0.717, 1.165) is 6.42 Å². The lowest BCUT2D eigenvalue weighted by atomic mass is 10.1. The van der Waals surface area contributed by atoms with Crippen molar-refractivity contribution in [3.8, 4) is 0 Å². The molecule has 0 aromatic heterocycles. The molecule has 0 saturated carbocycles. The number of rotatable bonds is 10. The Kier molecular flexibility index (Phi) is 20.8. The molecule has 3 heteroatoms. The second-order valence-corrected chi connectivity index (χ2v) is 3.81. The molecule has 0 saturated heterocycles. The summed E-state index contributed by atoms with van der Waals surface area (Å²) in [7, 11) is 3.41. The summed E-state index contributed by atoms with van der Waals surface area (Å²) < 4.78 is 10.2. The molecule has 0 amide bonds. The standard InChI is InChI=1S/C12H26O2.CH3Br/c1-4-5-6-7-8-9-10-11-12(13-2)14-3;1-2/h12H,4-11H2,1-3H3;1H3. The maximum atomic E-state index is 5.12. The van der Waals surface area contributed by atoms with Crippen LogP contribution in [0.5, 0.6) is 0 Å². The Morgan fingerprint density at radius 3 is 1.69 bits per heavy atom. The quantitative estimate of drug-likeness (QED) is 0.329. The molecule has 0 aromatic rings. The zero-order chi connectivity index (χ0) is 12.6. The van der Waals surface area contributed by atoms with Gasteiger partial charge >= 0.3 is 0 Å². The van der Waals surface area contributed by atoms with Gasteiger partial charge in [0.05, 0.1) is 0 Å². The zero-order valence-electron chi connectivity index (χ0n) is 11.4. The minimum atomic E-state index is 0.00522. The average molecular weight is 297 g/mol. The van der Waals surface area contributed by atoms with Gasteiger partial charge in [0.15, 0.2) is 6.29 Å². The molecule has 0 bridgehead atoms. The van der Waals surface area contributed by atoms with Crippen LogP contribution in [0.2, 0.25) is 0 Å². The molecule has 0 fully saturated rings. The van der Waals surface area contributed by atoms with Crippen LogP contribution in [0.25, 0.3) is 0 Å². The molecule has 100 valence electrons. The van der Waals surface area contributed by atoms with Crippen LogP contribution >= 0.6 is 15.9 Å². The van der Waals surface area contributed by atoms with Crippen LogP contribution in [0.3, 0.4) is 0 Å².